The minimum absolute atomic E-state index is 0. The van der Waals surface area contributed by atoms with Crippen molar-refractivity contribution in [2.75, 3.05) is 54.8 Å². The van der Waals surface area contributed by atoms with Crippen LogP contribution in [-0.2, 0) is 68.4 Å². The van der Waals surface area contributed by atoms with Gasteiger partial charge in [-0.1, -0.05) is 62.9 Å². The van der Waals surface area contributed by atoms with Crippen molar-refractivity contribution in [1.82, 2.24) is 10.6 Å². The van der Waals surface area contributed by atoms with E-state index in [2.05, 4.69) is 52.9 Å². The number of Topliss-reactive ketones (excluding diaryl/α,β-unsaturated/α-hetero) is 1. The number of nitrogens with zero attached hydrogens (tertiary/aromatic N) is 6. The molecule has 1 aliphatic rings. The van der Waals surface area contributed by atoms with E-state index in [0.29, 0.717) is 43.2 Å². The average Bonchev–Trinajstić information content (AvgIpc) is 3.66. The van der Waals surface area contributed by atoms with E-state index >= 15 is 4.39 Å². The van der Waals surface area contributed by atoms with E-state index in [1.807, 2.05) is 74.5 Å². The number of hydrogen-bond donors (Lipinski definition) is 4. The topological polar surface area (TPSA) is 190 Å². The molecule has 3 amide bonds. The quantitative estimate of drug-likeness (QED) is 0.0214. The minimum atomic E-state index is -1.04. The van der Waals surface area contributed by atoms with Crippen molar-refractivity contribution in [3.05, 3.63) is 171 Å². The molecule has 82 heavy (non-hydrogen) atoms. The number of carbonyl (C=O) groups excluding carboxylic acids is 4. The van der Waals surface area contributed by atoms with Crippen LogP contribution in [0.4, 0.5) is 48.6 Å². The van der Waals surface area contributed by atoms with Crippen LogP contribution >= 0.6 is 43.8 Å². The van der Waals surface area contributed by atoms with Gasteiger partial charge < -0.3 is 40.8 Å². The first-order valence-electron chi connectivity index (χ1n) is 24.5. The summed E-state index contributed by atoms with van der Waals surface area (Å²) >= 11 is 9.03. The Labute approximate surface area is 506 Å². The number of nitrogens with two attached hydrogens (primary N) is 1. The number of aliphatic imine (C=N–C) groups is 1. The number of benzene rings is 5. The van der Waals surface area contributed by atoms with Crippen LogP contribution in [0.5, 0.6) is 0 Å². The second-order valence-corrected chi connectivity index (χ2v) is 23.2. The Hall–Kier alpha value is -7.12. The van der Waals surface area contributed by atoms with Crippen LogP contribution in [-0.4, -0.2) is 78.9 Å². The summed E-state index contributed by atoms with van der Waals surface area (Å²) in [7, 11) is 13.1. The van der Waals surface area contributed by atoms with Gasteiger partial charge in [0, 0.05) is 51.4 Å². The third kappa shape index (κ3) is 23.0. The second kappa shape index (κ2) is 37.1. The molecule has 0 atom stereocenters. The van der Waals surface area contributed by atoms with E-state index < -0.39 is 38.0 Å². The van der Waals surface area contributed by atoms with E-state index in [0.717, 1.165) is 28.1 Å². The molecule has 0 bridgehead atoms. The van der Waals surface area contributed by atoms with E-state index in [9.17, 15) is 23.6 Å². The van der Waals surface area contributed by atoms with Crippen molar-refractivity contribution in [2.45, 2.75) is 93.3 Å². The summed E-state index contributed by atoms with van der Waals surface area (Å²) < 4.78 is 44.2. The van der Waals surface area contributed by atoms with Gasteiger partial charge in [0.15, 0.2) is 22.3 Å². The molecule has 0 radical (unpaired) electrons. The van der Waals surface area contributed by atoms with Crippen LogP contribution in [0.2, 0.25) is 0 Å². The third-order valence-corrected chi connectivity index (χ3v) is 11.8. The number of isothiocyanates is 1. The van der Waals surface area contributed by atoms with Crippen LogP contribution < -0.4 is 31.5 Å². The standard InChI is InChI=1S/C24H24FN3O3S.C14H19N3O2.C10H14N2O2.C9H5FN2S.CH4.2ClH.Zn/c1-6-18(29)14-31-13-16-7-9-17(10-8-16)28-23(32)27(22(30)24(28,3)4)20-12-11-19(26-5)15(2)21(20)25;1-14(2,16-4)17-12-7-5-11(6-8-12)9-19-10-13(18)15-3;1-12-10(13)7-14-6-8-2-4-9(11)5-3-8;1-6-7(11-2)3-4-8(9(6)10)12-5-13;;;;/h7-12H,6,13-14H2,1-4H3;5-8,17H,9-10H2,1-3H3,(H,15,18);2-5H,6-7,11H2,1H3,(H,12,13);3-4H,1H3;1H4;2*1H;/q;;;;;;;+2/p-2. The molecule has 5 aromatic rings. The fourth-order valence-electron chi connectivity index (χ4n) is 6.79. The van der Waals surface area contributed by atoms with Gasteiger partial charge in [-0.25, -0.2) is 25.0 Å². The van der Waals surface area contributed by atoms with Gasteiger partial charge in [0.25, 0.3) is 11.6 Å². The fourth-order valence-corrected chi connectivity index (χ4v) is 7.40. The summed E-state index contributed by atoms with van der Waals surface area (Å²) in [4.78, 5) is 62.8. The number of likely N-dealkylation sites (N-methyl/N-ethyl adjacent to an activating group) is 2. The zero-order chi connectivity index (χ0) is 60.9. The molecule has 1 saturated heterocycles. The maximum absolute atomic E-state index is 15.0. The summed E-state index contributed by atoms with van der Waals surface area (Å²) in [5, 5.41) is 10.3. The normalized spacial score (nSPS) is 11.6. The van der Waals surface area contributed by atoms with Crippen molar-refractivity contribution in [2.24, 2.45) is 4.99 Å². The molecule has 17 nitrogen and oxygen atoms in total. The summed E-state index contributed by atoms with van der Waals surface area (Å²) in [6.07, 6.45) is 0.436. The molecule has 0 spiro atoms. The number of hydrogen-bond acceptors (Lipinski definition) is 12. The third-order valence-electron chi connectivity index (χ3n) is 11.3. The number of nitrogen functional groups attached to an aromatic ring is 1. The predicted molar refractivity (Wildman–Crippen MR) is 325 cm³/mol. The Morgan fingerprint density at radius 2 is 1.21 bits per heavy atom. The zero-order valence-electron chi connectivity index (χ0n) is 46.3. The van der Waals surface area contributed by atoms with Gasteiger partial charge in [-0.2, -0.15) is 4.99 Å². The number of anilines is 4. The average molecular weight is 1250 g/mol. The molecule has 1 fully saturated rings. The van der Waals surface area contributed by atoms with Crippen molar-refractivity contribution >= 4 is 117 Å². The van der Waals surface area contributed by atoms with E-state index in [1.165, 1.54) is 43.0 Å². The Morgan fingerprint density at radius 3 is 1.65 bits per heavy atom. The second-order valence-electron chi connectivity index (χ2n) is 18.0. The number of carbonyl (C=O) groups is 4. The van der Waals surface area contributed by atoms with Gasteiger partial charge >= 0.3 is 34.5 Å². The number of thiocarbonyl (C=S) groups is 2. The summed E-state index contributed by atoms with van der Waals surface area (Å²) in [5.74, 6) is -1.73. The van der Waals surface area contributed by atoms with Gasteiger partial charge in [-0.05, 0) is 128 Å². The molecule has 1 heterocycles. The van der Waals surface area contributed by atoms with Gasteiger partial charge in [0.05, 0.1) is 43.8 Å². The fraction of sp³-hybridized carbons (Fsp3) is 0.328. The van der Waals surface area contributed by atoms with Crippen molar-refractivity contribution in [3.63, 3.8) is 0 Å². The molecule has 5 aromatic carbocycles. The first-order valence-corrected chi connectivity index (χ1v) is 33.1. The molecule has 6 rings (SSSR count). The number of halogens is 4. The number of amides is 3. The van der Waals surface area contributed by atoms with Gasteiger partial charge in [0.1, 0.15) is 42.7 Å². The Morgan fingerprint density at radius 1 is 0.768 bits per heavy atom. The Balaban J connectivity index is 0.000000574. The number of ketones is 1. The van der Waals surface area contributed by atoms with E-state index in [1.54, 1.807) is 51.9 Å². The van der Waals surface area contributed by atoms with Crippen LogP contribution in [0.1, 0.15) is 76.3 Å². The van der Waals surface area contributed by atoms with E-state index in [-0.39, 0.29) is 78.5 Å². The van der Waals surface area contributed by atoms with Gasteiger partial charge in [-0.15, -0.1) is 0 Å². The maximum atomic E-state index is 15.0. The first kappa shape index (κ1) is 72.9. The SMILES string of the molecule is C.CNC(=O)COCc1ccc(N)cc1.[C-]#[N+]C(C)(C)Nc1ccc(COCC(=O)NC)cc1.[C-]#[N+]c1ccc(N2C(=O)C(C)(C)N(c3ccc(COCC(=O)CC)cc3)C2=S)c(F)c1C.[C-]#[N+]c1ccc(N=C=S)c(F)c1C.[Cl][Zn][Cl]. The summed E-state index contributed by atoms with van der Waals surface area (Å²) in [6.45, 7) is 34.2. The molecule has 0 saturated carbocycles. The molecule has 0 aromatic heterocycles. The Kier molecular flexibility index (Phi) is 33.0. The molecular weight excluding hydrogens is 1190 g/mol. The molecule has 1 aliphatic heterocycles. The first-order chi connectivity index (χ1) is 38.4. The van der Waals surface area contributed by atoms with Gasteiger partial charge in [-0.3, -0.25) is 28.9 Å². The number of rotatable bonds is 18. The molecule has 5 N–H and O–H groups in total. The van der Waals surface area contributed by atoms with Crippen molar-refractivity contribution < 1.29 is 57.3 Å². The zero-order valence-corrected chi connectivity index (χ0v) is 52.5. The predicted octanol–water partition coefficient (Wildman–Crippen LogP) is 13.1. The van der Waals surface area contributed by atoms with E-state index in [4.69, 9.17) is 71.3 Å². The Bertz CT molecular complexity index is 3130. The molecule has 0 aliphatic carbocycles. The summed E-state index contributed by atoms with van der Waals surface area (Å²) in [5.41, 5.74) is 10.1. The van der Waals surface area contributed by atoms with Crippen LogP contribution in [0.25, 0.3) is 14.5 Å². The molecular formula is C58H66Cl2F2N10O7S2Zn. The molecule has 432 valence electrons. The van der Waals surface area contributed by atoms with Crippen molar-refractivity contribution in [3.8, 4) is 0 Å². The monoisotopic (exact) mass is 1250 g/mol. The van der Waals surface area contributed by atoms with Crippen LogP contribution in [0.15, 0.2) is 102 Å². The van der Waals surface area contributed by atoms with Crippen LogP contribution in [0.3, 0.4) is 0 Å². The van der Waals surface area contributed by atoms with Crippen molar-refractivity contribution in [1.29, 1.82) is 0 Å². The molecule has 24 heteroatoms. The molecule has 0 unspecified atom stereocenters. The van der Waals surface area contributed by atoms with Crippen LogP contribution in [0, 0.1) is 45.2 Å². The summed E-state index contributed by atoms with van der Waals surface area (Å²) in [6, 6.07) is 28.1. The van der Waals surface area contributed by atoms with Gasteiger partial charge in [0.2, 0.25) is 11.8 Å². The number of ether oxygens (including phenoxy) is 3. The number of nitrogens with one attached hydrogen (secondary N) is 3.